The number of hydrogen-bond donors (Lipinski definition) is 0. The summed E-state index contributed by atoms with van der Waals surface area (Å²) in [4.78, 5) is 0. The zero-order valence-electron chi connectivity index (χ0n) is 9.96. The van der Waals surface area contributed by atoms with E-state index in [2.05, 4.69) is 20.8 Å². The molecular weight excluding hydrogens is 187 g/mol. The van der Waals surface area contributed by atoms with Crippen molar-refractivity contribution >= 4 is 0 Å². The Kier molecular flexibility index (Phi) is 4.80. The molecule has 1 atom stereocenters. The molecule has 0 heterocycles. The molecule has 0 radical (unpaired) electrons. The lowest BCUT2D eigenvalue weighted by molar-refractivity contribution is 0.381. The molecule has 0 aliphatic rings. The van der Waals surface area contributed by atoms with E-state index in [1.165, 1.54) is 6.42 Å². The molecule has 0 amide bonds. The smallest absolute Gasteiger partial charge is 0.126 e. The maximum absolute atomic E-state index is 13.3. The van der Waals surface area contributed by atoms with Gasteiger partial charge < -0.3 is 0 Å². The zero-order valence-corrected chi connectivity index (χ0v) is 9.96. The standard InChI is InChI=1S/C14H21F/c1-11(2)12(3)7-6-9-13-8-4-5-10-14(13)15/h4-5,8,10-12H,6-7,9H2,1-3H3. The lowest BCUT2D eigenvalue weighted by Crippen LogP contribution is -2.04. The summed E-state index contributed by atoms with van der Waals surface area (Å²) in [5.74, 6) is 1.40. The predicted molar refractivity (Wildman–Crippen MR) is 63.3 cm³/mol. The Morgan fingerprint density at radius 2 is 1.80 bits per heavy atom. The molecule has 1 unspecified atom stereocenters. The normalized spacial score (nSPS) is 13.1. The predicted octanol–water partition coefficient (Wildman–Crippen LogP) is 4.44. The first kappa shape index (κ1) is 12.2. The van der Waals surface area contributed by atoms with E-state index in [-0.39, 0.29) is 5.82 Å². The van der Waals surface area contributed by atoms with Crippen LogP contribution in [0.5, 0.6) is 0 Å². The molecule has 84 valence electrons. The minimum atomic E-state index is -0.0605. The molecule has 0 aliphatic heterocycles. The minimum Gasteiger partial charge on any atom is -0.207 e. The van der Waals surface area contributed by atoms with Gasteiger partial charge in [-0.15, -0.1) is 0 Å². The van der Waals surface area contributed by atoms with Crippen molar-refractivity contribution in [3.63, 3.8) is 0 Å². The Bertz CT molecular complexity index is 291. The highest BCUT2D eigenvalue weighted by atomic mass is 19.1. The van der Waals surface area contributed by atoms with Gasteiger partial charge in [0, 0.05) is 0 Å². The number of hydrogen-bond acceptors (Lipinski definition) is 0. The van der Waals surface area contributed by atoms with Crippen LogP contribution in [0.4, 0.5) is 4.39 Å². The summed E-state index contributed by atoms with van der Waals surface area (Å²) in [6.45, 7) is 6.76. The number of rotatable bonds is 5. The topological polar surface area (TPSA) is 0 Å². The second-order valence-electron chi connectivity index (χ2n) is 4.70. The first-order chi connectivity index (χ1) is 7.11. The molecular formula is C14H21F. The van der Waals surface area contributed by atoms with Crippen LogP contribution in [0, 0.1) is 17.7 Å². The first-order valence-electron chi connectivity index (χ1n) is 5.84. The number of halogens is 1. The van der Waals surface area contributed by atoms with Gasteiger partial charge in [0.15, 0.2) is 0 Å². The second-order valence-corrected chi connectivity index (χ2v) is 4.70. The SMILES string of the molecule is CC(C)C(C)CCCc1ccccc1F. The van der Waals surface area contributed by atoms with E-state index in [9.17, 15) is 4.39 Å². The van der Waals surface area contributed by atoms with E-state index in [1.807, 2.05) is 12.1 Å². The van der Waals surface area contributed by atoms with Gasteiger partial charge in [0.1, 0.15) is 5.82 Å². The van der Waals surface area contributed by atoms with Crippen LogP contribution < -0.4 is 0 Å². The van der Waals surface area contributed by atoms with Crippen molar-refractivity contribution in [2.75, 3.05) is 0 Å². The molecule has 0 fully saturated rings. The Morgan fingerprint density at radius 3 is 2.40 bits per heavy atom. The number of aryl methyl sites for hydroxylation is 1. The number of benzene rings is 1. The van der Waals surface area contributed by atoms with Crippen molar-refractivity contribution in [3.05, 3.63) is 35.6 Å². The van der Waals surface area contributed by atoms with Crippen LogP contribution in [0.25, 0.3) is 0 Å². The summed E-state index contributed by atoms with van der Waals surface area (Å²) in [6.07, 6.45) is 3.13. The van der Waals surface area contributed by atoms with Crippen molar-refractivity contribution in [2.24, 2.45) is 11.8 Å². The van der Waals surface area contributed by atoms with Crippen LogP contribution in [0.15, 0.2) is 24.3 Å². The summed E-state index contributed by atoms with van der Waals surface area (Å²) < 4.78 is 13.3. The highest BCUT2D eigenvalue weighted by Gasteiger charge is 2.07. The molecule has 15 heavy (non-hydrogen) atoms. The molecule has 1 heteroatoms. The van der Waals surface area contributed by atoms with Crippen molar-refractivity contribution in [1.82, 2.24) is 0 Å². The van der Waals surface area contributed by atoms with E-state index in [0.29, 0.717) is 0 Å². The van der Waals surface area contributed by atoms with Gasteiger partial charge in [-0.05, 0) is 36.3 Å². The van der Waals surface area contributed by atoms with E-state index in [1.54, 1.807) is 12.1 Å². The van der Waals surface area contributed by atoms with Gasteiger partial charge in [0.2, 0.25) is 0 Å². The van der Waals surface area contributed by atoms with Crippen LogP contribution >= 0.6 is 0 Å². The Hall–Kier alpha value is -0.850. The Labute approximate surface area is 92.5 Å². The third kappa shape index (κ3) is 4.03. The summed E-state index contributed by atoms with van der Waals surface area (Å²) in [6, 6.07) is 7.08. The molecule has 0 aliphatic carbocycles. The molecule has 0 N–H and O–H groups in total. The molecule has 0 saturated carbocycles. The third-order valence-corrected chi connectivity index (χ3v) is 3.20. The van der Waals surface area contributed by atoms with Crippen LogP contribution in [-0.4, -0.2) is 0 Å². The summed E-state index contributed by atoms with van der Waals surface area (Å²) >= 11 is 0. The minimum absolute atomic E-state index is 0.0605. The molecule has 1 aromatic rings. The molecule has 0 spiro atoms. The Balaban J connectivity index is 2.35. The van der Waals surface area contributed by atoms with E-state index >= 15 is 0 Å². The first-order valence-corrected chi connectivity index (χ1v) is 5.84. The molecule has 0 nitrogen and oxygen atoms in total. The maximum atomic E-state index is 13.3. The lowest BCUT2D eigenvalue weighted by atomic mass is 9.92. The monoisotopic (exact) mass is 208 g/mol. The molecule has 0 bridgehead atoms. The third-order valence-electron chi connectivity index (χ3n) is 3.20. The fraction of sp³-hybridized carbons (Fsp3) is 0.571. The van der Waals surface area contributed by atoms with Gasteiger partial charge in [-0.1, -0.05) is 45.4 Å². The summed E-state index contributed by atoms with van der Waals surface area (Å²) in [7, 11) is 0. The van der Waals surface area contributed by atoms with Crippen molar-refractivity contribution in [1.29, 1.82) is 0 Å². The van der Waals surface area contributed by atoms with Crippen molar-refractivity contribution < 1.29 is 4.39 Å². The van der Waals surface area contributed by atoms with Gasteiger partial charge in [-0.2, -0.15) is 0 Å². The van der Waals surface area contributed by atoms with Crippen molar-refractivity contribution in [3.8, 4) is 0 Å². The van der Waals surface area contributed by atoms with E-state index < -0.39 is 0 Å². The van der Waals surface area contributed by atoms with Gasteiger partial charge >= 0.3 is 0 Å². The van der Waals surface area contributed by atoms with Crippen LogP contribution in [0.3, 0.4) is 0 Å². The molecule has 1 aromatic carbocycles. The quantitative estimate of drug-likeness (QED) is 0.671. The average Bonchev–Trinajstić information content (AvgIpc) is 2.20. The van der Waals surface area contributed by atoms with Crippen LogP contribution in [0.2, 0.25) is 0 Å². The van der Waals surface area contributed by atoms with Gasteiger partial charge in [-0.25, -0.2) is 4.39 Å². The van der Waals surface area contributed by atoms with Crippen LogP contribution in [0.1, 0.15) is 39.2 Å². The second kappa shape index (κ2) is 5.89. The molecule has 0 aromatic heterocycles. The Morgan fingerprint density at radius 1 is 1.13 bits per heavy atom. The highest BCUT2D eigenvalue weighted by molar-refractivity contribution is 5.17. The van der Waals surface area contributed by atoms with E-state index in [0.717, 1.165) is 30.2 Å². The average molecular weight is 208 g/mol. The van der Waals surface area contributed by atoms with Crippen LogP contribution in [-0.2, 0) is 6.42 Å². The maximum Gasteiger partial charge on any atom is 0.126 e. The fourth-order valence-electron chi connectivity index (χ4n) is 1.65. The zero-order chi connectivity index (χ0) is 11.3. The summed E-state index contributed by atoms with van der Waals surface area (Å²) in [5, 5.41) is 0. The molecule has 0 saturated heterocycles. The highest BCUT2D eigenvalue weighted by Crippen LogP contribution is 2.18. The molecule has 1 rings (SSSR count). The summed E-state index contributed by atoms with van der Waals surface area (Å²) in [5.41, 5.74) is 0.855. The lowest BCUT2D eigenvalue weighted by Gasteiger charge is -2.14. The van der Waals surface area contributed by atoms with Gasteiger partial charge in [0.05, 0.1) is 0 Å². The van der Waals surface area contributed by atoms with Gasteiger partial charge in [0.25, 0.3) is 0 Å². The van der Waals surface area contributed by atoms with Crippen molar-refractivity contribution in [2.45, 2.75) is 40.0 Å². The fourth-order valence-corrected chi connectivity index (χ4v) is 1.65. The van der Waals surface area contributed by atoms with E-state index in [4.69, 9.17) is 0 Å². The largest absolute Gasteiger partial charge is 0.207 e. The van der Waals surface area contributed by atoms with Gasteiger partial charge in [-0.3, -0.25) is 0 Å².